The molecule has 18 heavy (non-hydrogen) atoms. The summed E-state index contributed by atoms with van der Waals surface area (Å²) in [7, 11) is 1.52. The van der Waals surface area contributed by atoms with Crippen LogP contribution in [0.4, 0.5) is 0 Å². The second-order valence-corrected chi connectivity index (χ2v) is 4.50. The van der Waals surface area contributed by atoms with Gasteiger partial charge in [0.15, 0.2) is 6.10 Å². The van der Waals surface area contributed by atoms with E-state index in [9.17, 15) is 4.79 Å². The van der Waals surface area contributed by atoms with Gasteiger partial charge in [-0.1, -0.05) is 50.6 Å². The minimum Gasteiger partial charge on any atom is -0.463 e. The van der Waals surface area contributed by atoms with Gasteiger partial charge in [-0.05, 0) is 17.9 Å². The van der Waals surface area contributed by atoms with Crippen molar-refractivity contribution in [1.82, 2.24) is 0 Å². The molecule has 1 aromatic carbocycles. The third-order valence-corrected chi connectivity index (χ3v) is 3.10. The summed E-state index contributed by atoms with van der Waals surface area (Å²) in [5.74, 6) is 0.266. The molecule has 0 saturated heterocycles. The third-order valence-electron chi connectivity index (χ3n) is 3.10. The fourth-order valence-electron chi connectivity index (χ4n) is 1.64. The molecule has 3 heteroatoms. The highest BCUT2D eigenvalue weighted by molar-refractivity contribution is 5.76. The highest BCUT2D eigenvalue weighted by atomic mass is 16.6. The van der Waals surface area contributed by atoms with Gasteiger partial charge in [0, 0.05) is 7.11 Å². The first-order valence-corrected chi connectivity index (χ1v) is 6.43. The molecule has 0 bridgehead atoms. The van der Waals surface area contributed by atoms with Crippen LogP contribution in [0.3, 0.4) is 0 Å². The van der Waals surface area contributed by atoms with E-state index < -0.39 is 6.10 Å². The van der Waals surface area contributed by atoms with Crippen molar-refractivity contribution in [2.24, 2.45) is 5.92 Å². The van der Waals surface area contributed by atoms with Gasteiger partial charge in [-0.15, -0.1) is 0 Å². The van der Waals surface area contributed by atoms with Crippen molar-refractivity contribution >= 4 is 5.97 Å². The Labute approximate surface area is 109 Å². The van der Waals surface area contributed by atoms with Crippen molar-refractivity contribution in [2.75, 3.05) is 13.7 Å². The van der Waals surface area contributed by atoms with Gasteiger partial charge in [0.1, 0.15) is 0 Å². The van der Waals surface area contributed by atoms with Crippen LogP contribution >= 0.6 is 0 Å². The highest BCUT2D eigenvalue weighted by Crippen LogP contribution is 2.18. The maximum atomic E-state index is 11.9. The fraction of sp³-hybridized carbons (Fsp3) is 0.533. The van der Waals surface area contributed by atoms with Crippen molar-refractivity contribution in [3.8, 4) is 0 Å². The Bertz CT molecular complexity index is 348. The molecule has 1 rings (SSSR count). The summed E-state index contributed by atoms with van der Waals surface area (Å²) in [6, 6.07) is 9.40. The highest BCUT2D eigenvalue weighted by Gasteiger charge is 2.21. The summed E-state index contributed by atoms with van der Waals surface area (Å²) < 4.78 is 10.5. The standard InChI is InChI=1S/C15H22O3/c1-4-12(2)10-11-18-15(16)14(17-3)13-8-6-5-7-9-13/h5-9,12,14H,4,10-11H2,1-3H3. The number of ether oxygens (including phenoxy) is 2. The van der Waals surface area contributed by atoms with Crippen LogP contribution in [0.2, 0.25) is 0 Å². The summed E-state index contributed by atoms with van der Waals surface area (Å²) in [5, 5.41) is 0. The summed E-state index contributed by atoms with van der Waals surface area (Å²) in [6.07, 6.45) is 1.38. The Hall–Kier alpha value is -1.35. The van der Waals surface area contributed by atoms with Crippen LogP contribution < -0.4 is 0 Å². The number of benzene rings is 1. The Kier molecular flexibility index (Phi) is 6.44. The molecule has 0 fully saturated rings. The number of hydrogen-bond acceptors (Lipinski definition) is 3. The summed E-state index contributed by atoms with van der Waals surface area (Å²) in [5.41, 5.74) is 0.827. The average molecular weight is 250 g/mol. The molecule has 0 aliphatic heterocycles. The lowest BCUT2D eigenvalue weighted by molar-refractivity contribution is -0.156. The number of carbonyl (C=O) groups excluding carboxylic acids is 1. The van der Waals surface area contributed by atoms with Crippen molar-refractivity contribution < 1.29 is 14.3 Å². The van der Waals surface area contributed by atoms with E-state index in [-0.39, 0.29) is 5.97 Å². The van der Waals surface area contributed by atoms with E-state index in [4.69, 9.17) is 9.47 Å². The molecule has 1 aromatic rings. The van der Waals surface area contributed by atoms with Crippen LogP contribution in [0.15, 0.2) is 30.3 Å². The minimum absolute atomic E-state index is 0.313. The molecule has 0 amide bonds. The molecule has 0 spiro atoms. The van der Waals surface area contributed by atoms with E-state index >= 15 is 0 Å². The molecule has 2 atom stereocenters. The van der Waals surface area contributed by atoms with Gasteiger partial charge < -0.3 is 9.47 Å². The molecule has 100 valence electrons. The van der Waals surface area contributed by atoms with E-state index in [2.05, 4.69) is 13.8 Å². The topological polar surface area (TPSA) is 35.5 Å². The Morgan fingerprint density at radius 2 is 1.94 bits per heavy atom. The lowest BCUT2D eigenvalue weighted by Gasteiger charge is -2.15. The largest absolute Gasteiger partial charge is 0.463 e. The smallest absolute Gasteiger partial charge is 0.339 e. The van der Waals surface area contributed by atoms with Gasteiger partial charge in [0.25, 0.3) is 0 Å². The van der Waals surface area contributed by atoms with Crippen molar-refractivity contribution in [3.63, 3.8) is 0 Å². The van der Waals surface area contributed by atoms with Gasteiger partial charge in [-0.2, -0.15) is 0 Å². The van der Waals surface area contributed by atoms with Gasteiger partial charge in [-0.3, -0.25) is 0 Å². The molecule has 3 nitrogen and oxygen atoms in total. The number of esters is 1. The zero-order valence-electron chi connectivity index (χ0n) is 11.4. The van der Waals surface area contributed by atoms with Crippen LogP contribution in [0.25, 0.3) is 0 Å². The Morgan fingerprint density at radius 3 is 2.50 bits per heavy atom. The van der Waals surface area contributed by atoms with Crippen LogP contribution in [0.5, 0.6) is 0 Å². The quantitative estimate of drug-likeness (QED) is 0.696. The normalized spacial score (nSPS) is 13.9. The first kappa shape index (κ1) is 14.7. The molecule has 0 N–H and O–H groups in total. The molecule has 0 radical (unpaired) electrons. The zero-order valence-corrected chi connectivity index (χ0v) is 11.4. The number of hydrogen-bond donors (Lipinski definition) is 0. The van der Waals surface area contributed by atoms with Gasteiger partial charge in [0.05, 0.1) is 6.61 Å². The van der Waals surface area contributed by atoms with Crippen LogP contribution in [0.1, 0.15) is 38.4 Å². The Morgan fingerprint density at radius 1 is 1.28 bits per heavy atom. The monoisotopic (exact) mass is 250 g/mol. The Balaban J connectivity index is 2.48. The third kappa shape index (κ3) is 4.49. The zero-order chi connectivity index (χ0) is 13.4. The number of carbonyl (C=O) groups is 1. The predicted molar refractivity (Wildman–Crippen MR) is 71.2 cm³/mol. The fourth-order valence-corrected chi connectivity index (χ4v) is 1.64. The van der Waals surface area contributed by atoms with Crippen molar-refractivity contribution in [3.05, 3.63) is 35.9 Å². The molecule has 0 aliphatic rings. The van der Waals surface area contributed by atoms with E-state index in [0.717, 1.165) is 18.4 Å². The lowest BCUT2D eigenvalue weighted by Crippen LogP contribution is -2.18. The predicted octanol–water partition coefficient (Wildman–Crippen LogP) is 3.35. The first-order valence-electron chi connectivity index (χ1n) is 6.43. The first-order chi connectivity index (χ1) is 8.69. The maximum absolute atomic E-state index is 11.9. The molecular formula is C15H22O3. The summed E-state index contributed by atoms with van der Waals surface area (Å²) >= 11 is 0. The molecule has 0 saturated carbocycles. The second kappa shape index (κ2) is 7.88. The number of rotatable bonds is 7. The maximum Gasteiger partial charge on any atom is 0.339 e. The van der Waals surface area contributed by atoms with Crippen LogP contribution in [0, 0.1) is 5.92 Å². The van der Waals surface area contributed by atoms with Gasteiger partial charge >= 0.3 is 5.97 Å². The average Bonchev–Trinajstić information content (AvgIpc) is 2.40. The summed E-state index contributed by atoms with van der Waals surface area (Å²) in [6.45, 7) is 4.74. The lowest BCUT2D eigenvalue weighted by atomic mass is 10.1. The SMILES string of the molecule is CCC(C)CCOC(=O)C(OC)c1ccccc1. The second-order valence-electron chi connectivity index (χ2n) is 4.50. The van der Waals surface area contributed by atoms with Crippen LogP contribution in [-0.4, -0.2) is 19.7 Å². The molecule has 0 heterocycles. The van der Waals surface area contributed by atoms with E-state index in [1.807, 2.05) is 30.3 Å². The van der Waals surface area contributed by atoms with E-state index in [1.165, 1.54) is 7.11 Å². The van der Waals surface area contributed by atoms with E-state index in [0.29, 0.717) is 12.5 Å². The van der Waals surface area contributed by atoms with Crippen LogP contribution in [-0.2, 0) is 14.3 Å². The molecular weight excluding hydrogens is 228 g/mol. The van der Waals surface area contributed by atoms with Gasteiger partial charge in [0.2, 0.25) is 0 Å². The van der Waals surface area contributed by atoms with Gasteiger partial charge in [-0.25, -0.2) is 4.79 Å². The van der Waals surface area contributed by atoms with Crippen molar-refractivity contribution in [2.45, 2.75) is 32.8 Å². The molecule has 2 unspecified atom stereocenters. The minimum atomic E-state index is -0.622. The summed E-state index contributed by atoms with van der Waals surface area (Å²) in [4.78, 5) is 11.9. The molecule has 0 aliphatic carbocycles. The van der Waals surface area contributed by atoms with E-state index in [1.54, 1.807) is 0 Å². The molecule has 0 aromatic heterocycles. The van der Waals surface area contributed by atoms with Crippen molar-refractivity contribution in [1.29, 1.82) is 0 Å². The number of methoxy groups -OCH3 is 1.